The third kappa shape index (κ3) is 1.62. The monoisotopic (exact) mass is 168 g/mol. The van der Waals surface area contributed by atoms with E-state index < -0.39 is 5.79 Å². The van der Waals surface area contributed by atoms with Crippen LogP contribution in [0.1, 0.15) is 6.42 Å². The molecule has 1 aliphatic rings. The van der Waals surface area contributed by atoms with Crippen LogP contribution in [0, 0.1) is 0 Å². The van der Waals surface area contributed by atoms with E-state index in [4.69, 9.17) is 9.47 Å². The quantitative estimate of drug-likeness (QED) is 0.467. The second kappa shape index (κ2) is 3.65. The zero-order chi connectivity index (χ0) is 9.03. The Morgan fingerprint density at radius 1 is 1.50 bits per heavy atom. The summed E-state index contributed by atoms with van der Waals surface area (Å²) in [6.45, 7) is 0. The Balaban J connectivity index is 2.74. The summed E-state index contributed by atoms with van der Waals surface area (Å²) >= 11 is 0. The number of hydrogen-bond donors (Lipinski definition) is 0. The van der Waals surface area contributed by atoms with Gasteiger partial charge in [0.05, 0.1) is 0 Å². The van der Waals surface area contributed by atoms with E-state index in [1.807, 2.05) is 0 Å². The van der Waals surface area contributed by atoms with Gasteiger partial charge in [0, 0.05) is 26.2 Å². The number of rotatable bonds is 3. The van der Waals surface area contributed by atoms with Crippen LogP contribution < -0.4 is 0 Å². The van der Waals surface area contributed by atoms with Crippen molar-refractivity contribution in [2.75, 3.05) is 14.2 Å². The minimum Gasteiger partial charge on any atom is -0.349 e. The van der Waals surface area contributed by atoms with Crippen LogP contribution in [0.25, 0.3) is 0 Å². The molecule has 0 radical (unpaired) electrons. The number of carbonyl (C=O) groups excluding carboxylic acids is 1. The average Bonchev–Trinajstić information content (AvgIpc) is 2.18. The van der Waals surface area contributed by atoms with E-state index >= 15 is 0 Å². The molecule has 0 unspecified atom stereocenters. The molecule has 3 nitrogen and oxygen atoms in total. The molecule has 0 aliphatic heterocycles. The predicted molar refractivity (Wildman–Crippen MR) is 44.7 cm³/mol. The van der Waals surface area contributed by atoms with E-state index in [-0.39, 0.29) is 0 Å². The van der Waals surface area contributed by atoms with Crippen molar-refractivity contribution in [2.45, 2.75) is 12.2 Å². The molecule has 0 saturated heterocycles. The normalized spacial score (nSPS) is 20.3. The zero-order valence-electron chi connectivity index (χ0n) is 7.24. The van der Waals surface area contributed by atoms with Crippen LogP contribution in [0.4, 0.5) is 0 Å². The Labute approximate surface area is 71.7 Å². The second-order valence-corrected chi connectivity index (χ2v) is 2.58. The van der Waals surface area contributed by atoms with Gasteiger partial charge in [-0.2, -0.15) is 0 Å². The van der Waals surface area contributed by atoms with E-state index in [1.54, 1.807) is 32.4 Å². The van der Waals surface area contributed by atoms with Gasteiger partial charge >= 0.3 is 0 Å². The highest BCUT2D eigenvalue weighted by molar-refractivity contribution is 5.77. The van der Waals surface area contributed by atoms with Gasteiger partial charge in [0.1, 0.15) is 6.29 Å². The highest BCUT2D eigenvalue weighted by atomic mass is 16.7. The average molecular weight is 168 g/mol. The summed E-state index contributed by atoms with van der Waals surface area (Å²) in [5.41, 5.74) is 0.666. The molecule has 0 atom stereocenters. The molecule has 0 heterocycles. The molecule has 0 aromatic carbocycles. The van der Waals surface area contributed by atoms with Gasteiger partial charge < -0.3 is 9.47 Å². The number of hydrogen-bond acceptors (Lipinski definition) is 3. The Kier molecular flexibility index (Phi) is 2.78. The minimum atomic E-state index is -0.674. The molecular weight excluding hydrogens is 156 g/mol. The number of aldehydes is 1. The van der Waals surface area contributed by atoms with Crippen molar-refractivity contribution >= 4 is 6.29 Å². The van der Waals surface area contributed by atoms with Crippen LogP contribution in [-0.4, -0.2) is 26.3 Å². The highest BCUT2D eigenvalue weighted by Gasteiger charge is 2.26. The fourth-order valence-electron chi connectivity index (χ4n) is 1.09. The number of methoxy groups -OCH3 is 2. The van der Waals surface area contributed by atoms with Gasteiger partial charge in [0.2, 0.25) is 0 Å². The summed E-state index contributed by atoms with van der Waals surface area (Å²) in [6.07, 6.45) is 6.62. The standard InChI is InChI=1S/C9H12O3/c1-11-9(12-2)5-3-8(7-10)4-6-9/h3-5,7H,6H2,1-2H3. The summed E-state index contributed by atoms with van der Waals surface area (Å²) in [5.74, 6) is -0.674. The van der Waals surface area contributed by atoms with Crippen molar-refractivity contribution in [2.24, 2.45) is 0 Å². The molecule has 0 saturated carbocycles. The van der Waals surface area contributed by atoms with E-state index in [2.05, 4.69) is 0 Å². The summed E-state index contributed by atoms with van der Waals surface area (Å²) in [4.78, 5) is 10.3. The minimum absolute atomic E-state index is 0.574. The molecule has 12 heavy (non-hydrogen) atoms. The lowest BCUT2D eigenvalue weighted by Crippen LogP contribution is -2.31. The molecule has 0 N–H and O–H groups in total. The molecule has 0 aromatic rings. The molecule has 0 bridgehead atoms. The fraction of sp³-hybridized carbons (Fsp3) is 0.444. The maximum absolute atomic E-state index is 10.3. The first kappa shape index (κ1) is 9.16. The molecule has 0 aromatic heterocycles. The van der Waals surface area contributed by atoms with Gasteiger partial charge in [-0.1, -0.05) is 12.2 Å². The van der Waals surface area contributed by atoms with Crippen molar-refractivity contribution in [3.05, 3.63) is 23.8 Å². The molecule has 1 rings (SSSR count). The smallest absolute Gasteiger partial charge is 0.190 e. The zero-order valence-corrected chi connectivity index (χ0v) is 7.24. The fourth-order valence-corrected chi connectivity index (χ4v) is 1.09. The van der Waals surface area contributed by atoms with Crippen LogP contribution in [0.2, 0.25) is 0 Å². The van der Waals surface area contributed by atoms with Crippen LogP contribution in [0.3, 0.4) is 0 Å². The molecule has 3 heteroatoms. The predicted octanol–water partition coefficient (Wildman–Crippen LogP) is 1.06. The van der Waals surface area contributed by atoms with Crippen molar-refractivity contribution in [3.63, 3.8) is 0 Å². The maximum atomic E-state index is 10.3. The van der Waals surface area contributed by atoms with E-state index in [0.717, 1.165) is 6.29 Å². The summed E-state index contributed by atoms with van der Waals surface area (Å²) in [7, 11) is 3.15. The Hall–Kier alpha value is -0.930. The van der Waals surface area contributed by atoms with Crippen molar-refractivity contribution < 1.29 is 14.3 Å². The largest absolute Gasteiger partial charge is 0.349 e. The van der Waals surface area contributed by atoms with Crippen molar-refractivity contribution in [1.82, 2.24) is 0 Å². The lowest BCUT2D eigenvalue weighted by atomic mass is 10.0. The lowest BCUT2D eigenvalue weighted by molar-refractivity contribution is -0.167. The number of ether oxygens (including phenoxy) is 2. The molecule has 1 aliphatic carbocycles. The van der Waals surface area contributed by atoms with Crippen LogP contribution in [0.15, 0.2) is 23.8 Å². The van der Waals surface area contributed by atoms with E-state index in [9.17, 15) is 4.79 Å². The topological polar surface area (TPSA) is 35.5 Å². The first-order valence-corrected chi connectivity index (χ1v) is 3.71. The number of allylic oxidation sites excluding steroid dienone is 2. The Morgan fingerprint density at radius 2 is 2.17 bits per heavy atom. The molecule has 0 amide bonds. The third-order valence-electron chi connectivity index (χ3n) is 1.98. The molecule has 66 valence electrons. The van der Waals surface area contributed by atoms with Crippen LogP contribution in [0.5, 0.6) is 0 Å². The van der Waals surface area contributed by atoms with Crippen molar-refractivity contribution in [1.29, 1.82) is 0 Å². The first-order chi connectivity index (χ1) is 5.76. The lowest BCUT2D eigenvalue weighted by Gasteiger charge is -2.28. The van der Waals surface area contributed by atoms with Crippen molar-refractivity contribution in [3.8, 4) is 0 Å². The first-order valence-electron chi connectivity index (χ1n) is 3.71. The summed E-state index contributed by atoms with van der Waals surface area (Å²) in [5, 5.41) is 0. The SMILES string of the molecule is COC1(OC)C=CC(C=O)=CC1. The second-order valence-electron chi connectivity index (χ2n) is 2.58. The van der Waals surface area contributed by atoms with Crippen LogP contribution in [-0.2, 0) is 14.3 Å². The highest BCUT2D eigenvalue weighted by Crippen LogP contribution is 2.24. The summed E-state index contributed by atoms with van der Waals surface area (Å²) < 4.78 is 10.3. The Morgan fingerprint density at radius 3 is 2.50 bits per heavy atom. The van der Waals surface area contributed by atoms with Gasteiger partial charge in [-0.05, 0) is 6.08 Å². The van der Waals surface area contributed by atoms with E-state index in [0.29, 0.717) is 12.0 Å². The molecular formula is C9H12O3. The third-order valence-corrected chi connectivity index (χ3v) is 1.98. The summed E-state index contributed by atoms with van der Waals surface area (Å²) in [6, 6.07) is 0. The van der Waals surface area contributed by atoms with Gasteiger partial charge in [0.25, 0.3) is 0 Å². The van der Waals surface area contributed by atoms with Gasteiger partial charge in [-0.15, -0.1) is 0 Å². The van der Waals surface area contributed by atoms with Gasteiger partial charge in [0.15, 0.2) is 5.79 Å². The van der Waals surface area contributed by atoms with Crippen LogP contribution >= 0.6 is 0 Å². The number of carbonyl (C=O) groups is 1. The molecule has 0 fully saturated rings. The molecule has 0 spiro atoms. The van der Waals surface area contributed by atoms with E-state index in [1.165, 1.54) is 0 Å². The Bertz CT molecular complexity index is 224. The maximum Gasteiger partial charge on any atom is 0.190 e. The van der Waals surface area contributed by atoms with Gasteiger partial charge in [-0.3, -0.25) is 4.79 Å². The van der Waals surface area contributed by atoms with Gasteiger partial charge in [-0.25, -0.2) is 0 Å².